The van der Waals surface area contributed by atoms with Gasteiger partial charge in [-0.25, -0.2) is 14.6 Å². The van der Waals surface area contributed by atoms with Gasteiger partial charge in [0.15, 0.2) is 0 Å². The number of imidazole rings is 1. The summed E-state index contributed by atoms with van der Waals surface area (Å²) in [7, 11) is 1.65. The molecule has 1 aromatic heterocycles. The summed E-state index contributed by atoms with van der Waals surface area (Å²) >= 11 is 0. The monoisotopic (exact) mass is 264 g/mol. The van der Waals surface area contributed by atoms with Crippen LogP contribution in [0.25, 0.3) is 11.4 Å². The van der Waals surface area contributed by atoms with Crippen LogP contribution >= 0.6 is 0 Å². The predicted octanol–water partition coefficient (Wildman–Crippen LogP) is 1.24. The van der Waals surface area contributed by atoms with Crippen molar-refractivity contribution in [3.8, 4) is 17.1 Å². The van der Waals surface area contributed by atoms with E-state index in [0.717, 1.165) is 17.1 Å². The molecule has 2 rings (SSSR count). The quantitative estimate of drug-likeness (QED) is 0.703. The maximum absolute atomic E-state index is 9.10. The Kier molecular flexibility index (Phi) is 5.09. The first kappa shape index (κ1) is 14.2. The number of hydrogen-bond acceptors (Lipinski definition) is 4. The summed E-state index contributed by atoms with van der Waals surface area (Å²) in [5, 5.41) is 14.8. The van der Waals surface area contributed by atoms with Gasteiger partial charge in [0.1, 0.15) is 11.6 Å². The maximum Gasteiger partial charge on any atom is 0.414 e. The Morgan fingerprint density at radius 1 is 1.21 bits per heavy atom. The van der Waals surface area contributed by atoms with Crippen LogP contribution in [-0.2, 0) is 9.59 Å². The number of nitrogens with one attached hydrogen (secondary N) is 1. The lowest BCUT2D eigenvalue weighted by molar-refractivity contribution is -0.159. The molecule has 0 radical (unpaired) electrons. The van der Waals surface area contributed by atoms with Crippen LogP contribution in [0.5, 0.6) is 5.75 Å². The minimum absolute atomic E-state index is 0.831. The zero-order valence-corrected chi connectivity index (χ0v) is 10.0. The van der Waals surface area contributed by atoms with Crippen molar-refractivity contribution in [3.05, 3.63) is 36.7 Å². The summed E-state index contributed by atoms with van der Waals surface area (Å²) in [6.45, 7) is 0. The largest absolute Gasteiger partial charge is 0.496 e. The smallest absolute Gasteiger partial charge is 0.414 e. The van der Waals surface area contributed by atoms with Gasteiger partial charge < -0.3 is 19.9 Å². The van der Waals surface area contributed by atoms with Crippen molar-refractivity contribution in [1.29, 1.82) is 0 Å². The second-order valence-corrected chi connectivity index (χ2v) is 3.25. The molecule has 1 heterocycles. The first-order valence-corrected chi connectivity index (χ1v) is 5.15. The molecule has 19 heavy (non-hydrogen) atoms. The number of ether oxygens (including phenoxy) is 1. The Labute approximate surface area is 108 Å². The third-order valence-corrected chi connectivity index (χ3v) is 2.04. The summed E-state index contributed by atoms with van der Waals surface area (Å²) in [6, 6.07) is 7.78. The van der Waals surface area contributed by atoms with E-state index in [4.69, 9.17) is 24.5 Å². The van der Waals surface area contributed by atoms with E-state index >= 15 is 0 Å². The van der Waals surface area contributed by atoms with Gasteiger partial charge >= 0.3 is 11.9 Å². The Morgan fingerprint density at radius 3 is 2.32 bits per heavy atom. The van der Waals surface area contributed by atoms with Crippen molar-refractivity contribution in [2.75, 3.05) is 7.11 Å². The van der Waals surface area contributed by atoms with E-state index in [9.17, 15) is 0 Å². The number of para-hydroxylation sites is 1. The molecule has 0 aliphatic rings. The van der Waals surface area contributed by atoms with Crippen LogP contribution in [0.4, 0.5) is 0 Å². The number of methoxy groups -OCH3 is 1. The molecule has 0 amide bonds. The molecule has 0 saturated carbocycles. The number of hydrogen-bond donors (Lipinski definition) is 3. The molecule has 100 valence electrons. The number of aromatic nitrogens is 2. The van der Waals surface area contributed by atoms with Crippen LogP contribution in [-0.4, -0.2) is 39.2 Å². The fourth-order valence-electron chi connectivity index (χ4n) is 1.25. The fourth-order valence-corrected chi connectivity index (χ4v) is 1.25. The van der Waals surface area contributed by atoms with Gasteiger partial charge in [-0.2, -0.15) is 0 Å². The number of aliphatic carboxylic acids is 2. The molecule has 0 aliphatic carbocycles. The summed E-state index contributed by atoms with van der Waals surface area (Å²) in [5.74, 6) is -1.99. The molecule has 0 saturated heterocycles. The highest BCUT2D eigenvalue weighted by atomic mass is 16.5. The number of carbonyl (C=O) groups is 2. The normalized spacial score (nSPS) is 9.11. The SMILES string of the molecule is COc1ccccc1-c1ncc[nH]1.O=C(O)C(=O)O. The molecule has 0 bridgehead atoms. The molecule has 0 fully saturated rings. The average Bonchev–Trinajstić information content (AvgIpc) is 2.93. The van der Waals surface area contributed by atoms with Crippen molar-refractivity contribution < 1.29 is 24.5 Å². The van der Waals surface area contributed by atoms with E-state index in [1.54, 1.807) is 19.5 Å². The Morgan fingerprint density at radius 2 is 1.84 bits per heavy atom. The second kappa shape index (κ2) is 6.80. The number of rotatable bonds is 2. The fraction of sp³-hybridized carbons (Fsp3) is 0.0833. The number of benzene rings is 1. The second-order valence-electron chi connectivity index (χ2n) is 3.25. The minimum atomic E-state index is -1.82. The van der Waals surface area contributed by atoms with Crippen molar-refractivity contribution >= 4 is 11.9 Å². The molecule has 2 aromatic rings. The highest BCUT2D eigenvalue weighted by molar-refractivity contribution is 6.27. The van der Waals surface area contributed by atoms with Gasteiger partial charge in [0.05, 0.1) is 12.7 Å². The van der Waals surface area contributed by atoms with E-state index < -0.39 is 11.9 Å². The first-order chi connectivity index (χ1) is 9.06. The Bertz CT molecular complexity index is 539. The van der Waals surface area contributed by atoms with Crippen LogP contribution in [0.1, 0.15) is 0 Å². The van der Waals surface area contributed by atoms with E-state index in [1.165, 1.54) is 0 Å². The third kappa shape index (κ3) is 4.15. The lowest BCUT2D eigenvalue weighted by Crippen LogP contribution is -2.09. The molecule has 0 spiro atoms. The lowest BCUT2D eigenvalue weighted by Gasteiger charge is -2.04. The van der Waals surface area contributed by atoms with Crippen LogP contribution in [0, 0.1) is 0 Å². The van der Waals surface area contributed by atoms with E-state index in [0.29, 0.717) is 0 Å². The molecule has 3 N–H and O–H groups in total. The van der Waals surface area contributed by atoms with Crippen molar-refractivity contribution in [1.82, 2.24) is 9.97 Å². The molecule has 0 atom stereocenters. The molecular formula is C12H12N2O5. The van der Waals surface area contributed by atoms with Gasteiger partial charge in [-0.15, -0.1) is 0 Å². The zero-order chi connectivity index (χ0) is 14.3. The van der Waals surface area contributed by atoms with Crippen LogP contribution in [0.15, 0.2) is 36.7 Å². The maximum atomic E-state index is 9.10. The summed E-state index contributed by atoms with van der Waals surface area (Å²) in [6.07, 6.45) is 3.52. The van der Waals surface area contributed by atoms with E-state index in [-0.39, 0.29) is 0 Å². The zero-order valence-electron chi connectivity index (χ0n) is 10.0. The van der Waals surface area contributed by atoms with Gasteiger partial charge in [-0.05, 0) is 12.1 Å². The number of aromatic amines is 1. The highest BCUT2D eigenvalue weighted by Gasteiger charge is 2.05. The predicted molar refractivity (Wildman–Crippen MR) is 65.8 cm³/mol. The lowest BCUT2D eigenvalue weighted by atomic mass is 10.2. The van der Waals surface area contributed by atoms with Gasteiger partial charge in [0.2, 0.25) is 0 Å². The molecule has 0 unspecified atom stereocenters. The summed E-state index contributed by atoms with van der Waals surface area (Å²) in [5.41, 5.74) is 0.981. The van der Waals surface area contributed by atoms with Gasteiger partial charge in [-0.3, -0.25) is 0 Å². The van der Waals surface area contributed by atoms with Crippen molar-refractivity contribution in [2.24, 2.45) is 0 Å². The van der Waals surface area contributed by atoms with Crippen LogP contribution in [0.3, 0.4) is 0 Å². The van der Waals surface area contributed by atoms with Gasteiger partial charge in [-0.1, -0.05) is 12.1 Å². The summed E-state index contributed by atoms with van der Waals surface area (Å²) in [4.78, 5) is 25.4. The highest BCUT2D eigenvalue weighted by Crippen LogP contribution is 2.25. The average molecular weight is 264 g/mol. The topological polar surface area (TPSA) is 113 Å². The van der Waals surface area contributed by atoms with Crippen LogP contribution in [0.2, 0.25) is 0 Å². The molecule has 1 aromatic carbocycles. The third-order valence-electron chi connectivity index (χ3n) is 2.04. The van der Waals surface area contributed by atoms with Gasteiger partial charge in [0, 0.05) is 12.4 Å². The molecule has 7 heteroatoms. The van der Waals surface area contributed by atoms with E-state index in [2.05, 4.69) is 9.97 Å². The molecule has 0 aliphatic heterocycles. The van der Waals surface area contributed by atoms with Gasteiger partial charge in [0.25, 0.3) is 0 Å². The van der Waals surface area contributed by atoms with Crippen molar-refractivity contribution in [2.45, 2.75) is 0 Å². The molecular weight excluding hydrogens is 252 g/mol. The number of carboxylic acid groups (broad SMARTS) is 2. The van der Waals surface area contributed by atoms with Crippen molar-refractivity contribution in [3.63, 3.8) is 0 Å². The number of carboxylic acids is 2. The number of H-pyrrole nitrogens is 1. The first-order valence-electron chi connectivity index (χ1n) is 5.15. The Balaban J connectivity index is 0.000000258. The van der Waals surface area contributed by atoms with E-state index in [1.807, 2.05) is 24.3 Å². The summed E-state index contributed by atoms with van der Waals surface area (Å²) < 4.78 is 5.21. The number of nitrogens with zero attached hydrogens (tertiary/aromatic N) is 1. The molecule has 7 nitrogen and oxygen atoms in total. The Hall–Kier alpha value is -2.83. The van der Waals surface area contributed by atoms with Crippen LogP contribution < -0.4 is 4.74 Å². The minimum Gasteiger partial charge on any atom is -0.496 e. The standard InChI is InChI=1S/C10H10N2O.C2H2O4/c1-13-9-5-3-2-4-8(9)10-11-6-7-12-10;3-1(4)2(5)6/h2-7H,1H3,(H,11,12);(H,3,4)(H,5,6).